The van der Waals surface area contributed by atoms with Gasteiger partial charge >= 0.3 is 0 Å². The zero-order valence-corrected chi connectivity index (χ0v) is 24.8. The van der Waals surface area contributed by atoms with E-state index in [4.69, 9.17) is 0 Å². The number of hydrogen-bond acceptors (Lipinski definition) is 3. The fourth-order valence-electron chi connectivity index (χ4n) is 10.5. The van der Waals surface area contributed by atoms with Crippen LogP contribution in [-0.2, 0) is 9.84 Å². The normalized spacial score (nSPS) is 42.6. The molecule has 0 heterocycles. The second-order valence-corrected chi connectivity index (χ2v) is 16.6. The Morgan fingerprint density at radius 2 is 1.49 bits per heavy atom. The Bertz CT molecular complexity index is 1030. The third kappa shape index (κ3) is 4.64. The lowest BCUT2D eigenvalue weighted by Gasteiger charge is -2.62. The molecule has 0 spiro atoms. The molecule has 4 aliphatic carbocycles. The van der Waals surface area contributed by atoms with Crippen molar-refractivity contribution in [1.29, 1.82) is 0 Å². The smallest absolute Gasteiger partial charge is 0.184 e. The number of aliphatic hydroxyl groups excluding tert-OH is 1. The molecule has 1 N–H and O–H groups in total. The summed E-state index contributed by atoms with van der Waals surface area (Å²) < 4.78 is 27.7. The van der Waals surface area contributed by atoms with Gasteiger partial charge in [0.2, 0.25) is 0 Å². The first kappa shape index (κ1) is 27.7. The molecule has 0 aromatic heterocycles. The summed E-state index contributed by atoms with van der Waals surface area (Å²) >= 11 is 0. The molecule has 4 heteroatoms. The average molecular weight is 529 g/mol. The molecule has 3 nitrogen and oxygen atoms in total. The van der Waals surface area contributed by atoms with Crippen molar-refractivity contribution < 1.29 is 13.5 Å². The van der Waals surface area contributed by atoms with E-state index in [-0.39, 0.29) is 11.3 Å². The molecule has 4 aliphatic rings. The monoisotopic (exact) mass is 528 g/mol. The van der Waals surface area contributed by atoms with Crippen LogP contribution in [0.15, 0.2) is 35.2 Å². The minimum Gasteiger partial charge on any atom is -0.392 e. The summed E-state index contributed by atoms with van der Waals surface area (Å²) in [5.41, 5.74) is 0.461. The lowest BCUT2D eigenvalue weighted by molar-refractivity contribution is -0.127. The van der Waals surface area contributed by atoms with E-state index in [1.54, 1.807) is 24.3 Å². The predicted octanol–water partition coefficient (Wildman–Crippen LogP) is 7.92. The van der Waals surface area contributed by atoms with Crippen molar-refractivity contribution in [3.63, 3.8) is 0 Å². The van der Waals surface area contributed by atoms with Crippen LogP contribution in [0.2, 0.25) is 0 Å². The van der Waals surface area contributed by atoms with Crippen molar-refractivity contribution in [3.05, 3.63) is 30.3 Å². The third-order valence-corrected chi connectivity index (χ3v) is 14.6. The third-order valence-electron chi connectivity index (χ3n) is 12.3. The van der Waals surface area contributed by atoms with Gasteiger partial charge in [-0.2, -0.15) is 0 Å². The number of benzene rings is 1. The van der Waals surface area contributed by atoms with Crippen LogP contribution in [0, 0.1) is 52.3 Å². The molecule has 10 atom stereocenters. The van der Waals surface area contributed by atoms with Crippen LogP contribution in [0.3, 0.4) is 0 Å². The van der Waals surface area contributed by atoms with Crippen molar-refractivity contribution in [1.82, 2.24) is 0 Å². The second-order valence-electron chi connectivity index (χ2n) is 14.5. The van der Waals surface area contributed by atoms with Gasteiger partial charge in [-0.25, -0.2) is 8.42 Å². The number of fused-ring (bicyclic) bond motifs is 5. The molecular formula is C33H52O3S. The van der Waals surface area contributed by atoms with Crippen LogP contribution < -0.4 is 0 Å². The molecule has 208 valence electrons. The molecule has 5 rings (SSSR count). The zero-order chi connectivity index (χ0) is 26.6. The quantitative estimate of drug-likeness (QED) is 0.391. The van der Waals surface area contributed by atoms with E-state index in [1.807, 2.05) is 6.07 Å². The van der Waals surface area contributed by atoms with E-state index in [9.17, 15) is 13.5 Å². The Hall–Kier alpha value is -0.870. The maximum atomic E-state index is 13.9. The molecular weight excluding hydrogens is 476 g/mol. The van der Waals surface area contributed by atoms with Crippen LogP contribution in [-0.4, -0.2) is 24.9 Å². The summed E-state index contributed by atoms with van der Waals surface area (Å²) in [4.78, 5) is 0.381. The minimum atomic E-state index is -3.57. The predicted molar refractivity (Wildman–Crippen MR) is 152 cm³/mol. The standard InChI is InChI=1S/C33H52O3S/c1-22(2)10-9-11-23(3)26-16-17-27-25-14-15-29-31(37(35,36)24-12-7-6-8-13-24)30(34)19-21-33(29,5)28(25)18-20-32(26,27)4/h6-8,12-13,22-23,25-31,34H,9-11,14-21H2,1-5H3/t23-,25+,26-,27+,28+,29-,30+,31-,32-,33-/m1/s1. The molecule has 0 saturated heterocycles. The van der Waals surface area contributed by atoms with Gasteiger partial charge in [-0.15, -0.1) is 0 Å². The van der Waals surface area contributed by atoms with Gasteiger partial charge in [0.15, 0.2) is 9.84 Å². The lowest BCUT2D eigenvalue weighted by Crippen LogP contribution is -2.60. The maximum absolute atomic E-state index is 13.9. The highest BCUT2D eigenvalue weighted by Gasteiger charge is 2.63. The first-order valence-electron chi connectivity index (χ1n) is 15.5. The van der Waals surface area contributed by atoms with Crippen molar-refractivity contribution in [2.45, 2.75) is 121 Å². The molecule has 0 radical (unpaired) electrons. The highest BCUT2D eigenvalue weighted by atomic mass is 32.2. The van der Waals surface area contributed by atoms with Gasteiger partial charge in [-0.1, -0.05) is 72.1 Å². The van der Waals surface area contributed by atoms with Gasteiger partial charge in [-0.3, -0.25) is 0 Å². The van der Waals surface area contributed by atoms with E-state index in [1.165, 1.54) is 44.9 Å². The van der Waals surface area contributed by atoms with Crippen LogP contribution >= 0.6 is 0 Å². The molecule has 4 fully saturated rings. The summed E-state index contributed by atoms with van der Waals surface area (Å²) in [7, 11) is -3.57. The second kappa shape index (κ2) is 10.3. The Balaban J connectivity index is 1.37. The maximum Gasteiger partial charge on any atom is 0.184 e. The van der Waals surface area contributed by atoms with E-state index in [0.29, 0.717) is 22.6 Å². The van der Waals surface area contributed by atoms with E-state index >= 15 is 0 Å². The van der Waals surface area contributed by atoms with Crippen LogP contribution in [0.5, 0.6) is 0 Å². The topological polar surface area (TPSA) is 54.4 Å². The average Bonchev–Trinajstić information content (AvgIpc) is 3.22. The highest BCUT2D eigenvalue weighted by Crippen LogP contribution is 2.69. The van der Waals surface area contributed by atoms with Crippen molar-refractivity contribution in [2.24, 2.45) is 52.3 Å². The van der Waals surface area contributed by atoms with Crippen molar-refractivity contribution >= 4 is 9.84 Å². The zero-order valence-electron chi connectivity index (χ0n) is 24.0. The minimum absolute atomic E-state index is 0.0109. The fourth-order valence-corrected chi connectivity index (χ4v) is 12.8. The molecule has 37 heavy (non-hydrogen) atoms. The number of hydrogen-bond donors (Lipinski definition) is 1. The van der Waals surface area contributed by atoms with Crippen LogP contribution in [0.4, 0.5) is 0 Å². The van der Waals surface area contributed by atoms with Gasteiger partial charge in [-0.05, 0) is 116 Å². The van der Waals surface area contributed by atoms with E-state index in [2.05, 4.69) is 34.6 Å². The molecule has 1 aromatic carbocycles. The van der Waals surface area contributed by atoms with Gasteiger partial charge in [0.25, 0.3) is 0 Å². The Kier molecular flexibility index (Phi) is 7.68. The van der Waals surface area contributed by atoms with E-state index < -0.39 is 21.2 Å². The summed E-state index contributed by atoms with van der Waals surface area (Å²) in [5.74, 6) is 4.62. The molecule has 0 amide bonds. The summed E-state index contributed by atoms with van der Waals surface area (Å²) in [6, 6.07) is 8.91. The Morgan fingerprint density at radius 1 is 0.838 bits per heavy atom. The Labute approximate surface area is 227 Å². The number of rotatable bonds is 7. The highest BCUT2D eigenvalue weighted by molar-refractivity contribution is 7.92. The van der Waals surface area contributed by atoms with Crippen LogP contribution in [0.25, 0.3) is 0 Å². The molecule has 4 saturated carbocycles. The van der Waals surface area contributed by atoms with Crippen molar-refractivity contribution in [3.8, 4) is 0 Å². The first-order valence-corrected chi connectivity index (χ1v) is 17.0. The summed E-state index contributed by atoms with van der Waals surface area (Å²) in [5, 5.41) is 10.5. The summed E-state index contributed by atoms with van der Waals surface area (Å²) in [6.07, 6.45) is 12.3. The van der Waals surface area contributed by atoms with Gasteiger partial charge in [0.05, 0.1) is 16.2 Å². The van der Waals surface area contributed by atoms with E-state index in [0.717, 1.165) is 48.9 Å². The number of sulfone groups is 1. The first-order chi connectivity index (χ1) is 17.5. The number of aliphatic hydroxyl groups is 1. The lowest BCUT2D eigenvalue weighted by atomic mass is 9.44. The molecule has 0 bridgehead atoms. The van der Waals surface area contributed by atoms with Gasteiger partial charge in [0, 0.05) is 0 Å². The summed E-state index contributed by atoms with van der Waals surface area (Å²) in [6.45, 7) is 12.3. The Morgan fingerprint density at radius 3 is 2.19 bits per heavy atom. The molecule has 1 aromatic rings. The fraction of sp³-hybridized carbons (Fsp3) is 0.818. The molecule has 0 aliphatic heterocycles. The largest absolute Gasteiger partial charge is 0.392 e. The van der Waals surface area contributed by atoms with Gasteiger partial charge < -0.3 is 5.11 Å². The SMILES string of the molecule is CC(C)CCC[C@@H](C)[C@H]1CC[C@H]2[C@@H]3CC[C@@H]4[C@@H](S(=O)(=O)c5ccccc5)[C@@H](O)CC[C@]4(C)[C@H]3CC[C@]12C. The van der Waals surface area contributed by atoms with Crippen molar-refractivity contribution in [2.75, 3.05) is 0 Å². The van der Waals surface area contributed by atoms with Gasteiger partial charge in [0.1, 0.15) is 0 Å². The van der Waals surface area contributed by atoms with Crippen LogP contribution in [0.1, 0.15) is 105 Å². The molecule has 0 unspecified atom stereocenters.